The lowest BCUT2D eigenvalue weighted by molar-refractivity contribution is -0.143. The molecule has 4 fully saturated rings. The largest absolute Gasteiger partial charge is 0.480 e. The van der Waals surface area contributed by atoms with E-state index in [1.54, 1.807) is 0 Å². The van der Waals surface area contributed by atoms with Crippen molar-refractivity contribution >= 4 is 11.9 Å². The number of carboxylic acid groups (broad SMARTS) is 1. The van der Waals surface area contributed by atoms with Crippen LogP contribution in [0, 0.1) is 46.3 Å². The molecule has 9 atom stereocenters. The van der Waals surface area contributed by atoms with Gasteiger partial charge in [0.2, 0.25) is 5.91 Å². The molecule has 4 aliphatic carbocycles. The first-order chi connectivity index (χ1) is 22.2. The SMILES string of the molecule is CCCCCCCCCCCCCCCCCC(=O)NC(C[C@@H](C)[C@H]1CC[C@H]2[C@@H]3CCC4CCCC[C@]4(C)[C@H]3CC[C@]12C)C(=O)O. The highest BCUT2D eigenvalue weighted by molar-refractivity contribution is 5.83. The molecule has 1 amide bonds. The van der Waals surface area contributed by atoms with E-state index in [2.05, 4.69) is 33.0 Å². The topological polar surface area (TPSA) is 66.4 Å². The number of aliphatic carboxylic acids is 1. The summed E-state index contributed by atoms with van der Waals surface area (Å²) in [7, 11) is 0. The predicted molar refractivity (Wildman–Crippen MR) is 193 cm³/mol. The summed E-state index contributed by atoms with van der Waals surface area (Å²) in [4.78, 5) is 25.1. The van der Waals surface area contributed by atoms with Crippen molar-refractivity contribution in [3.05, 3.63) is 0 Å². The minimum atomic E-state index is -0.858. The molecular formula is C42H75NO3. The molecular weight excluding hydrogens is 566 g/mol. The summed E-state index contributed by atoms with van der Waals surface area (Å²) < 4.78 is 0. The fourth-order valence-electron chi connectivity index (χ4n) is 12.0. The molecule has 4 rings (SSSR count). The van der Waals surface area contributed by atoms with Crippen LogP contribution in [0.1, 0.15) is 201 Å². The van der Waals surface area contributed by atoms with Gasteiger partial charge >= 0.3 is 5.97 Å². The number of amides is 1. The van der Waals surface area contributed by atoms with Crippen LogP contribution in [0.4, 0.5) is 0 Å². The molecule has 0 aromatic carbocycles. The van der Waals surface area contributed by atoms with Crippen molar-refractivity contribution in [3.8, 4) is 0 Å². The fourth-order valence-corrected chi connectivity index (χ4v) is 12.0. The van der Waals surface area contributed by atoms with Gasteiger partial charge in [-0.3, -0.25) is 4.79 Å². The van der Waals surface area contributed by atoms with Crippen molar-refractivity contribution in [2.24, 2.45) is 46.3 Å². The van der Waals surface area contributed by atoms with Crippen LogP contribution >= 0.6 is 0 Å². The summed E-state index contributed by atoms with van der Waals surface area (Å²) in [5.41, 5.74) is 0.900. The quantitative estimate of drug-likeness (QED) is 0.123. The molecule has 0 heterocycles. The van der Waals surface area contributed by atoms with E-state index in [0.717, 1.165) is 36.5 Å². The summed E-state index contributed by atoms with van der Waals surface area (Å²) in [5, 5.41) is 13.0. The second-order valence-corrected chi connectivity index (χ2v) is 17.5. The molecule has 4 saturated carbocycles. The van der Waals surface area contributed by atoms with Gasteiger partial charge in [0.1, 0.15) is 6.04 Å². The standard InChI is InChI=1S/C42H75NO3/c1-5-6-7-8-9-10-11-12-13-14-15-16-17-18-19-23-39(44)43-38(40(45)46)31-32(2)35-26-27-36-34-25-24-33-22-20-21-29-41(33,3)37(34)28-30-42(35,36)4/h32-38H,5-31H2,1-4H3,(H,43,44)(H,45,46)/t32-,33?,34+,35-,36+,37+,38?,41+,42-/m1/s1. The van der Waals surface area contributed by atoms with E-state index in [1.807, 2.05) is 0 Å². The lowest BCUT2D eigenvalue weighted by Crippen LogP contribution is -2.53. The van der Waals surface area contributed by atoms with Gasteiger partial charge in [0.25, 0.3) is 0 Å². The lowest BCUT2D eigenvalue weighted by Gasteiger charge is -2.61. The molecule has 2 unspecified atom stereocenters. The first-order valence-electron chi connectivity index (χ1n) is 20.7. The van der Waals surface area contributed by atoms with E-state index in [4.69, 9.17) is 0 Å². The van der Waals surface area contributed by atoms with Gasteiger partial charge in [0, 0.05) is 6.42 Å². The van der Waals surface area contributed by atoms with E-state index in [9.17, 15) is 14.7 Å². The van der Waals surface area contributed by atoms with Crippen molar-refractivity contribution < 1.29 is 14.7 Å². The normalized spacial score (nSPS) is 33.4. The molecule has 0 bridgehead atoms. The zero-order chi connectivity index (χ0) is 33.0. The number of rotatable bonds is 21. The molecule has 4 aliphatic rings. The van der Waals surface area contributed by atoms with Crippen LogP contribution in [0.2, 0.25) is 0 Å². The summed E-state index contributed by atoms with van der Waals surface area (Å²) in [6.45, 7) is 9.80. The highest BCUT2D eigenvalue weighted by Crippen LogP contribution is 2.68. The smallest absolute Gasteiger partial charge is 0.326 e. The van der Waals surface area contributed by atoms with E-state index >= 15 is 0 Å². The molecule has 4 heteroatoms. The van der Waals surface area contributed by atoms with Gasteiger partial charge in [-0.25, -0.2) is 4.79 Å². The Labute approximate surface area is 284 Å². The summed E-state index contributed by atoms with van der Waals surface area (Å²) in [5.74, 6) is 3.51. The molecule has 266 valence electrons. The zero-order valence-corrected chi connectivity index (χ0v) is 30.9. The molecule has 0 spiro atoms. The first kappa shape index (κ1) is 37.8. The van der Waals surface area contributed by atoms with Gasteiger partial charge in [0.05, 0.1) is 0 Å². The third-order valence-corrected chi connectivity index (χ3v) is 14.6. The van der Waals surface area contributed by atoms with Gasteiger partial charge in [0.15, 0.2) is 0 Å². The molecule has 0 aromatic heterocycles. The predicted octanol–water partition coefficient (Wildman–Crippen LogP) is 11.9. The van der Waals surface area contributed by atoms with Crippen molar-refractivity contribution in [1.82, 2.24) is 5.32 Å². The van der Waals surface area contributed by atoms with E-state index < -0.39 is 12.0 Å². The molecule has 0 saturated heterocycles. The van der Waals surface area contributed by atoms with Crippen molar-refractivity contribution in [1.29, 1.82) is 0 Å². The van der Waals surface area contributed by atoms with Gasteiger partial charge in [-0.15, -0.1) is 0 Å². The Balaban J connectivity index is 1.11. The molecule has 0 aliphatic heterocycles. The van der Waals surface area contributed by atoms with Crippen LogP contribution in [0.3, 0.4) is 0 Å². The van der Waals surface area contributed by atoms with Crippen LogP contribution in [-0.2, 0) is 9.59 Å². The number of fused-ring (bicyclic) bond motifs is 5. The fraction of sp³-hybridized carbons (Fsp3) is 0.952. The summed E-state index contributed by atoms with van der Waals surface area (Å²) >= 11 is 0. The van der Waals surface area contributed by atoms with Crippen molar-refractivity contribution in [3.63, 3.8) is 0 Å². The Morgan fingerprint density at radius 2 is 1.28 bits per heavy atom. The maximum absolute atomic E-state index is 12.8. The van der Waals surface area contributed by atoms with E-state index in [1.165, 1.54) is 148 Å². The van der Waals surface area contributed by atoms with E-state index in [0.29, 0.717) is 35.5 Å². The Morgan fingerprint density at radius 3 is 1.89 bits per heavy atom. The molecule has 2 N–H and O–H groups in total. The van der Waals surface area contributed by atoms with Gasteiger partial charge in [-0.1, -0.05) is 130 Å². The highest BCUT2D eigenvalue weighted by atomic mass is 16.4. The maximum Gasteiger partial charge on any atom is 0.326 e. The van der Waals surface area contributed by atoms with Crippen LogP contribution in [0.25, 0.3) is 0 Å². The van der Waals surface area contributed by atoms with Crippen molar-refractivity contribution in [2.75, 3.05) is 0 Å². The zero-order valence-electron chi connectivity index (χ0n) is 30.9. The Bertz CT molecular complexity index is 919. The van der Waals surface area contributed by atoms with Crippen LogP contribution in [0.5, 0.6) is 0 Å². The first-order valence-corrected chi connectivity index (χ1v) is 20.7. The summed E-state index contributed by atoms with van der Waals surface area (Å²) in [6.07, 6.45) is 34.5. The number of carbonyl (C=O) groups excluding carboxylic acids is 1. The second kappa shape index (κ2) is 18.6. The number of carboxylic acids is 1. The van der Waals surface area contributed by atoms with Crippen molar-refractivity contribution in [2.45, 2.75) is 207 Å². The Kier molecular flexibility index (Phi) is 15.3. The van der Waals surface area contributed by atoms with Gasteiger partial charge in [-0.2, -0.15) is 0 Å². The Morgan fingerprint density at radius 1 is 0.696 bits per heavy atom. The van der Waals surface area contributed by atoms with Crippen LogP contribution in [0.15, 0.2) is 0 Å². The number of hydrogen-bond acceptors (Lipinski definition) is 2. The second-order valence-electron chi connectivity index (χ2n) is 17.5. The number of carbonyl (C=O) groups is 2. The third-order valence-electron chi connectivity index (χ3n) is 14.6. The average molecular weight is 642 g/mol. The molecule has 4 nitrogen and oxygen atoms in total. The number of hydrogen-bond donors (Lipinski definition) is 2. The molecule has 46 heavy (non-hydrogen) atoms. The monoisotopic (exact) mass is 642 g/mol. The molecule has 0 aromatic rings. The number of unbranched alkanes of at least 4 members (excludes halogenated alkanes) is 14. The number of nitrogens with one attached hydrogen (secondary N) is 1. The van der Waals surface area contributed by atoms with Gasteiger partial charge < -0.3 is 10.4 Å². The average Bonchev–Trinajstić information content (AvgIpc) is 3.39. The Hall–Kier alpha value is -1.06. The summed E-state index contributed by atoms with van der Waals surface area (Å²) in [6, 6.07) is -0.755. The van der Waals surface area contributed by atoms with Gasteiger partial charge in [-0.05, 0) is 111 Å². The maximum atomic E-state index is 12.8. The van der Waals surface area contributed by atoms with E-state index in [-0.39, 0.29) is 5.91 Å². The minimum absolute atomic E-state index is 0.0669. The highest BCUT2D eigenvalue weighted by Gasteiger charge is 2.60. The van der Waals surface area contributed by atoms with Crippen LogP contribution in [-0.4, -0.2) is 23.0 Å². The lowest BCUT2D eigenvalue weighted by atomic mass is 9.44. The third kappa shape index (κ3) is 9.77. The minimum Gasteiger partial charge on any atom is -0.480 e. The molecule has 0 radical (unpaired) electrons. The van der Waals surface area contributed by atoms with Crippen LogP contribution < -0.4 is 5.32 Å².